The minimum atomic E-state index is -1.07. The maximum atomic E-state index is 10.5. The Bertz CT molecular complexity index is 428. The van der Waals surface area contributed by atoms with Crippen LogP contribution in [0.3, 0.4) is 0 Å². The van der Waals surface area contributed by atoms with Gasteiger partial charge in [0.1, 0.15) is 6.04 Å². The van der Waals surface area contributed by atoms with Gasteiger partial charge in [-0.05, 0) is 23.2 Å². The number of hydrogen-bond acceptors (Lipinski definition) is 4. The number of nitrogens with two attached hydrogens (primary N) is 1. The summed E-state index contributed by atoms with van der Waals surface area (Å²) >= 11 is 0. The molecule has 0 spiro atoms. The monoisotopic (exact) mass is 221 g/mol. The highest BCUT2D eigenvalue weighted by Gasteiger charge is 2.12. The number of carboxylic acids is 1. The fraction of sp³-hybridized carbons (Fsp3) is 0.333. The second-order valence-electron chi connectivity index (χ2n) is 3.19. The van der Waals surface area contributed by atoms with Crippen LogP contribution < -0.4 is 5.73 Å². The van der Waals surface area contributed by atoms with Crippen molar-refractivity contribution in [2.24, 2.45) is 10.8 Å². The molecule has 0 aliphatic carbocycles. The Kier molecular flexibility index (Phi) is 4.26. The summed E-state index contributed by atoms with van der Waals surface area (Å²) in [6.07, 6.45) is 1.69. The van der Waals surface area contributed by atoms with Crippen LogP contribution in [0.4, 0.5) is 0 Å². The Balaban J connectivity index is 2.74. The van der Waals surface area contributed by atoms with Crippen molar-refractivity contribution in [1.29, 1.82) is 0 Å². The highest BCUT2D eigenvalue weighted by atomic mass is 16.4. The van der Waals surface area contributed by atoms with Crippen LogP contribution in [0.15, 0.2) is 23.4 Å². The zero-order valence-corrected chi connectivity index (χ0v) is 8.45. The van der Waals surface area contributed by atoms with Gasteiger partial charge in [0.15, 0.2) is 0 Å². The molecular formula is C9H11N5O2. The fourth-order valence-electron chi connectivity index (χ4n) is 1.16. The van der Waals surface area contributed by atoms with E-state index >= 15 is 0 Å². The van der Waals surface area contributed by atoms with E-state index in [4.69, 9.17) is 16.4 Å². The van der Waals surface area contributed by atoms with E-state index in [0.29, 0.717) is 5.69 Å². The first-order valence-electron chi connectivity index (χ1n) is 4.56. The van der Waals surface area contributed by atoms with Gasteiger partial charge < -0.3 is 10.8 Å². The number of pyridine rings is 1. The van der Waals surface area contributed by atoms with Crippen molar-refractivity contribution in [1.82, 2.24) is 4.98 Å². The molecule has 1 unspecified atom stereocenters. The van der Waals surface area contributed by atoms with Gasteiger partial charge in [0.2, 0.25) is 0 Å². The van der Waals surface area contributed by atoms with Crippen LogP contribution in [0.2, 0.25) is 0 Å². The molecule has 0 aliphatic rings. The number of carbonyl (C=O) groups is 1. The molecule has 1 atom stereocenters. The molecule has 0 aromatic carbocycles. The number of carboxylic acid groups (broad SMARTS) is 1. The smallest absolute Gasteiger partial charge is 0.320 e. The normalized spacial score (nSPS) is 11.6. The Hall–Kier alpha value is -2.11. The second-order valence-corrected chi connectivity index (χ2v) is 3.19. The molecule has 0 bridgehead atoms. The molecule has 0 amide bonds. The zero-order chi connectivity index (χ0) is 12.0. The molecule has 0 saturated heterocycles. The van der Waals surface area contributed by atoms with Crippen molar-refractivity contribution in [3.8, 4) is 0 Å². The molecule has 16 heavy (non-hydrogen) atoms. The summed E-state index contributed by atoms with van der Waals surface area (Å²) in [5.41, 5.74) is 14.9. The van der Waals surface area contributed by atoms with Crippen LogP contribution >= 0.6 is 0 Å². The Morgan fingerprint density at radius 2 is 2.50 bits per heavy atom. The Morgan fingerprint density at radius 1 is 1.75 bits per heavy atom. The van der Waals surface area contributed by atoms with Crippen molar-refractivity contribution < 1.29 is 9.90 Å². The van der Waals surface area contributed by atoms with Crippen molar-refractivity contribution in [2.45, 2.75) is 19.0 Å². The third-order valence-corrected chi connectivity index (χ3v) is 1.94. The summed E-state index contributed by atoms with van der Waals surface area (Å²) in [6, 6.07) is 2.41. The second kappa shape index (κ2) is 5.69. The Morgan fingerprint density at radius 3 is 3.12 bits per heavy atom. The lowest BCUT2D eigenvalue weighted by atomic mass is 10.1. The Labute approximate surface area is 91.5 Å². The third-order valence-electron chi connectivity index (χ3n) is 1.94. The van der Waals surface area contributed by atoms with E-state index in [2.05, 4.69) is 15.0 Å². The lowest BCUT2D eigenvalue weighted by Crippen LogP contribution is -2.32. The molecule has 1 aromatic heterocycles. The SMILES string of the molecule is [N-]=[N+]=NCc1ccnc(CC(N)C(=O)O)c1. The van der Waals surface area contributed by atoms with Gasteiger partial charge >= 0.3 is 5.97 Å². The van der Waals surface area contributed by atoms with Crippen molar-refractivity contribution in [3.63, 3.8) is 0 Å². The van der Waals surface area contributed by atoms with Crippen molar-refractivity contribution >= 4 is 5.97 Å². The van der Waals surface area contributed by atoms with Gasteiger partial charge in [0.25, 0.3) is 0 Å². The van der Waals surface area contributed by atoms with E-state index < -0.39 is 12.0 Å². The molecule has 1 aromatic rings. The molecule has 1 rings (SSSR count). The molecule has 0 fully saturated rings. The first-order chi connectivity index (χ1) is 7.63. The number of nitrogens with zero attached hydrogens (tertiary/aromatic N) is 4. The quantitative estimate of drug-likeness (QED) is 0.434. The average molecular weight is 221 g/mol. The topological polar surface area (TPSA) is 125 Å². The summed E-state index contributed by atoms with van der Waals surface area (Å²) in [4.78, 5) is 17.2. The van der Waals surface area contributed by atoms with Crippen LogP contribution in [-0.2, 0) is 17.8 Å². The van der Waals surface area contributed by atoms with E-state index in [9.17, 15) is 4.79 Å². The first kappa shape index (κ1) is 12.0. The van der Waals surface area contributed by atoms with Gasteiger partial charge in [-0.2, -0.15) is 0 Å². The molecule has 0 aliphatic heterocycles. The standard InChI is InChI=1S/C9H11N5O2/c10-8(9(15)16)4-7-3-6(1-2-12-7)5-13-14-11/h1-3,8H,4-5,10H2,(H,15,16). The average Bonchev–Trinajstić information content (AvgIpc) is 2.26. The molecule has 0 saturated carbocycles. The van der Waals surface area contributed by atoms with Crippen molar-refractivity contribution in [2.75, 3.05) is 0 Å². The summed E-state index contributed by atoms with van der Waals surface area (Å²) in [5.74, 6) is -1.07. The summed E-state index contributed by atoms with van der Waals surface area (Å²) in [6.45, 7) is 0.217. The lowest BCUT2D eigenvalue weighted by molar-refractivity contribution is -0.138. The third kappa shape index (κ3) is 3.56. The summed E-state index contributed by atoms with van der Waals surface area (Å²) in [5, 5.41) is 12.0. The highest BCUT2D eigenvalue weighted by Crippen LogP contribution is 2.05. The van der Waals surface area contributed by atoms with E-state index in [1.54, 1.807) is 12.1 Å². The van der Waals surface area contributed by atoms with Gasteiger partial charge in [-0.3, -0.25) is 9.78 Å². The van der Waals surface area contributed by atoms with Crippen LogP contribution in [-0.4, -0.2) is 22.1 Å². The summed E-state index contributed by atoms with van der Waals surface area (Å²) in [7, 11) is 0. The number of hydrogen-bond donors (Lipinski definition) is 2. The minimum Gasteiger partial charge on any atom is -0.480 e. The molecular weight excluding hydrogens is 210 g/mol. The van der Waals surface area contributed by atoms with Gasteiger partial charge in [-0.1, -0.05) is 5.11 Å². The number of azide groups is 1. The van der Waals surface area contributed by atoms with Gasteiger partial charge in [0.05, 0.1) is 6.54 Å². The molecule has 7 nitrogen and oxygen atoms in total. The lowest BCUT2D eigenvalue weighted by Gasteiger charge is -2.06. The van der Waals surface area contributed by atoms with Crippen molar-refractivity contribution in [3.05, 3.63) is 40.0 Å². The predicted octanol–water partition coefficient (Wildman–Crippen LogP) is 0.846. The highest BCUT2D eigenvalue weighted by molar-refractivity contribution is 5.73. The van der Waals surface area contributed by atoms with Gasteiger partial charge in [-0.25, -0.2) is 0 Å². The largest absolute Gasteiger partial charge is 0.480 e. The number of aromatic nitrogens is 1. The van der Waals surface area contributed by atoms with E-state index in [1.807, 2.05) is 0 Å². The predicted molar refractivity (Wildman–Crippen MR) is 56.4 cm³/mol. The van der Waals surface area contributed by atoms with E-state index in [0.717, 1.165) is 5.56 Å². The molecule has 7 heteroatoms. The molecule has 1 heterocycles. The first-order valence-corrected chi connectivity index (χ1v) is 4.56. The van der Waals surface area contributed by atoms with Crippen LogP contribution in [0.5, 0.6) is 0 Å². The van der Waals surface area contributed by atoms with Crippen LogP contribution in [0.25, 0.3) is 10.4 Å². The molecule has 3 N–H and O–H groups in total. The van der Waals surface area contributed by atoms with Gasteiger partial charge in [-0.15, -0.1) is 0 Å². The molecule has 0 radical (unpaired) electrons. The zero-order valence-electron chi connectivity index (χ0n) is 8.45. The summed E-state index contributed by atoms with van der Waals surface area (Å²) < 4.78 is 0. The van der Waals surface area contributed by atoms with Gasteiger partial charge in [0, 0.05) is 23.2 Å². The van der Waals surface area contributed by atoms with Crippen LogP contribution in [0, 0.1) is 0 Å². The van der Waals surface area contributed by atoms with E-state index in [-0.39, 0.29) is 13.0 Å². The maximum absolute atomic E-state index is 10.5. The van der Waals surface area contributed by atoms with Crippen LogP contribution in [0.1, 0.15) is 11.3 Å². The minimum absolute atomic E-state index is 0.152. The molecule has 84 valence electrons. The van der Waals surface area contributed by atoms with E-state index in [1.165, 1.54) is 6.20 Å². The number of aliphatic carboxylic acids is 1. The number of rotatable bonds is 5. The fourth-order valence-corrected chi connectivity index (χ4v) is 1.16. The maximum Gasteiger partial charge on any atom is 0.320 e.